The molecule has 0 aliphatic heterocycles. The van der Waals surface area contributed by atoms with Crippen LogP contribution >= 0.6 is 11.3 Å². The Bertz CT molecular complexity index is 1070. The first-order valence-electron chi connectivity index (χ1n) is 8.34. The SMILES string of the molecule is Cc1ccc2cccc(C(=O)NCc3ccnc(-c4cccs4)c3)c2n1. The Morgan fingerprint density at radius 2 is 2.04 bits per heavy atom. The molecule has 3 aromatic heterocycles. The van der Waals surface area contributed by atoms with E-state index in [1.165, 1.54) is 0 Å². The fraction of sp³-hybridized carbons (Fsp3) is 0.0952. The predicted molar refractivity (Wildman–Crippen MR) is 105 cm³/mol. The maximum Gasteiger partial charge on any atom is 0.253 e. The highest BCUT2D eigenvalue weighted by atomic mass is 32.1. The summed E-state index contributed by atoms with van der Waals surface area (Å²) in [6, 6.07) is 17.6. The number of amides is 1. The lowest BCUT2D eigenvalue weighted by Gasteiger charge is -2.09. The van der Waals surface area contributed by atoms with Crippen LogP contribution in [0.3, 0.4) is 0 Å². The van der Waals surface area contributed by atoms with Gasteiger partial charge in [-0.3, -0.25) is 14.8 Å². The van der Waals surface area contributed by atoms with Crippen LogP contribution in [0.25, 0.3) is 21.5 Å². The van der Waals surface area contributed by atoms with Gasteiger partial charge in [0, 0.05) is 23.8 Å². The third-order valence-electron chi connectivity index (χ3n) is 4.16. The van der Waals surface area contributed by atoms with Gasteiger partial charge in [-0.25, -0.2) is 0 Å². The molecule has 0 bridgehead atoms. The fourth-order valence-corrected chi connectivity index (χ4v) is 3.54. The van der Waals surface area contributed by atoms with Crippen molar-refractivity contribution in [1.82, 2.24) is 15.3 Å². The summed E-state index contributed by atoms with van der Waals surface area (Å²) < 4.78 is 0. The average molecular weight is 359 g/mol. The maximum atomic E-state index is 12.7. The molecule has 1 amide bonds. The van der Waals surface area contributed by atoms with Crippen LogP contribution in [0.15, 0.2) is 66.2 Å². The van der Waals surface area contributed by atoms with E-state index < -0.39 is 0 Å². The molecule has 0 fully saturated rings. The number of rotatable bonds is 4. The van der Waals surface area contributed by atoms with Crippen molar-refractivity contribution in [1.29, 1.82) is 0 Å². The Hall–Kier alpha value is -3.05. The van der Waals surface area contributed by atoms with Crippen molar-refractivity contribution in [3.63, 3.8) is 0 Å². The van der Waals surface area contributed by atoms with Gasteiger partial charge >= 0.3 is 0 Å². The van der Waals surface area contributed by atoms with Crippen LogP contribution in [0, 0.1) is 6.92 Å². The molecule has 128 valence electrons. The van der Waals surface area contributed by atoms with Crippen molar-refractivity contribution >= 4 is 28.1 Å². The monoisotopic (exact) mass is 359 g/mol. The van der Waals surface area contributed by atoms with Gasteiger partial charge in [0.2, 0.25) is 0 Å². The Balaban J connectivity index is 1.55. The molecule has 0 unspecified atom stereocenters. The van der Waals surface area contributed by atoms with Gasteiger partial charge in [-0.15, -0.1) is 11.3 Å². The molecule has 4 aromatic rings. The largest absolute Gasteiger partial charge is 0.348 e. The molecule has 1 aromatic carbocycles. The number of carbonyl (C=O) groups excluding carboxylic acids is 1. The lowest BCUT2D eigenvalue weighted by atomic mass is 10.1. The van der Waals surface area contributed by atoms with E-state index in [4.69, 9.17) is 0 Å². The number of carbonyl (C=O) groups is 1. The van der Waals surface area contributed by atoms with Crippen molar-refractivity contribution < 1.29 is 4.79 Å². The summed E-state index contributed by atoms with van der Waals surface area (Å²) in [6.45, 7) is 2.37. The van der Waals surface area contributed by atoms with Gasteiger partial charge in [0.15, 0.2) is 0 Å². The summed E-state index contributed by atoms with van der Waals surface area (Å²) in [5, 5.41) is 5.99. The molecule has 0 aliphatic rings. The molecule has 1 N–H and O–H groups in total. The van der Waals surface area contributed by atoms with Gasteiger partial charge in [0.25, 0.3) is 5.91 Å². The number of pyridine rings is 2. The number of nitrogens with one attached hydrogen (secondary N) is 1. The smallest absolute Gasteiger partial charge is 0.253 e. The molecule has 0 spiro atoms. The second-order valence-electron chi connectivity index (χ2n) is 6.04. The summed E-state index contributed by atoms with van der Waals surface area (Å²) in [7, 11) is 0. The first kappa shape index (κ1) is 16.4. The Morgan fingerprint density at radius 3 is 2.88 bits per heavy atom. The van der Waals surface area contributed by atoms with Crippen molar-refractivity contribution in [3.8, 4) is 10.6 Å². The number of hydrogen-bond donors (Lipinski definition) is 1. The van der Waals surface area contributed by atoms with Gasteiger partial charge in [-0.05, 0) is 48.2 Å². The van der Waals surface area contributed by atoms with Crippen LogP contribution < -0.4 is 5.32 Å². The molecule has 0 atom stereocenters. The van der Waals surface area contributed by atoms with E-state index in [1.54, 1.807) is 17.5 Å². The summed E-state index contributed by atoms with van der Waals surface area (Å²) in [6.07, 6.45) is 1.78. The molecular weight excluding hydrogens is 342 g/mol. The van der Waals surface area contributed by atoms with E-state index in [2.05, 4.69) is 15.3 Å². The van der Waals surface area contributed by atoms with Gasteiger partial charge in [-0.1, -0.05) is 24.3 Å². The van der Waals surface area contributed by atoms with Crippen LogP contribution in [0.2, 0.25) is 0 Å². The predicted octanol–water partition coefficient (Wildman–Crippen LogP) is 4.60. The van der Waals surface area contributed by atoms with Gasteiger partial charge in [-0.2, -0.15) is 0 Å². The first-order chi connectivity index (χ1) is 12.7. The number of nitrogens with zero attached hydrogens (tertiary/aromatic N) is 2. The molecular formula is C21H17N3OS. The lowest BCUT2D eigenvalue weighted by molar-refractivity contribution is 0.0952. The van der Waals surface area contributed by atoms with E-state index in [9.17, 15) is 4.79 Å². The van der Waals surface area contributed by atoms with Crippen LogP contribution in [0.5, 0.6) is 0 Å². The summed E-state index contributed by atoms with van der Waals surface area (Å²) in [5.74, 6) is -0.122. The van der Waals surface area contributed by atoms with Crippen molar-refractivity contribution in [2.75, 3.05) is 0 Å². The standard InChI is InChI=1S/C21H17N3OS/c1-14-7-8-16-4-2-5-17(20(16)24-14)21(25)23-13-15-9-10-22-18(12-15)19-6-3-11-26-19/h2-12H,13H2,1H3,(H,23,25). The normalized spacial score (nSPS) is 10.8. The molecule has 0 radical (unpaired) electrons. The van der Waals surface area contributed by atoms with E-state index in [0.29, 0.717) is 12.1 Å². The number of aromatic nitrogens is 2. The van der Waals surface area contributed by atoms with Gasteiger partial charge in [0.1, 0.15) is 0 Å². The average Bonchev–Trinajstić information content (AvgIpc) is 3.20. The van der Waals surface area contributed by atoms with E-state index in [-0.39, 0.29) is 5.91 Å². The Labute approximate surface area is 155 Å². The van der Waals surface area contributed by atoms with Crippen molar-refractivity contribution in [2.45, 2.75) is 13.5 Å². The number of fused-ring (bicyclic) bond motifs is 1. The van der Waals surface area contributed by atoms with Gasteiger partial charge in [0.05, 0.1) is 21.7 Å². The van der Waals surface area contributed by atoms with E-state index >= 15 is 0 Å². The van der Waals surface area contributed by atoms with Crippen LogP contribution in [0.1, 0.15) is 21.6 Å². The van der Waals surface area contributed by atoms with Crippen molar-refractivity contribution in [3.05, 3.63) is 83.0 Å². The summed E-state index contributed by atoms with van der Waals surface area (Å²) >= 11 is 1.65. The molecule has 4 rings (SSSR count). The zero-order chi connectivity index (χ0) is 17.9. The van der Waals surface area contributed by atoms with Gasteiger partial charge < -0.3 is 5.32 Å². The maximum absolute atomic E-state index is 12.7. The lowest BCUT2D eigenvalue weighted by Crippen LogP contribution is -2.23. The molecule has 4 nitrogen and oxygen atoms in total. The highest BCUT2D eigenvalue weighted by Gasteiger charge is 2.11. The minimum atomic E-state index is -0.122. The molecule has 26 heavy (non-hydrogen) atoms. The molecule has 0 aliphatic carbocycles. The molecule has 3 heterocycles. The minimum Gasteiger partial charge on any atom is -0.348 e. The van der Waals surface area contributed by atoms with E-state index in [0.717, 1.165) is 32.7 Å². The molecule has 5 heteroatoms. The quantitative estimate of drug-likeness (QED) is 0.579. The first-order valence-corrected chi connectivity index (χ1v) is 9.22. The van der Waals surface area contributed by atoms with E-state index in [1.807, 2.05) is 66.9 Å². The summed E-state index contributed by atoms with van der Waals surface area (Å²) in [4.78, 5) is 22.7. The third kappa shape index (κ3) is 3.34. The topological polar surface area (TPSA) is 54.9 Å². The second kappa shape index (κ2) is 7.06. The number of aryl methyl sites for hydroxylation is 1. The second-order valence-corrected chi connectivity index (χ2v) is 6.99. The zero-order valence-electron chi connectivity index (χ0n) is 14.3. The highest BCUT2D eigenvalue weighted by molar-refractivity contribution is 7.13. The van der Waals surface area contributed by atoms with Crippen LogP contribution in [0.4, 0.5) is 0 Å². The summed E-state index contributed by atoms with van der Waals surface area (Å²) in [5.41, 5.74) is 4.17. The van der Waals surface area contributed by atoms with Crippen molar-refractivity contribution in [2.24, 2.45) is 0 Å². The highest BCUT2D eigenvalue weighted by Crippen LogP contribution is 2.23. The Kier molecular flexibility index (Phi) is 4.46. The zero-order valence-corrected chi connectivity index (χ0v) is 15.1. The molecule has 0 saturated carbocycles. The van der Waals surface area contributed by atoms with Crippen LogP contribution in [-0.4, -0.2) is 15.9 Å². The molecule has 0 saturated heterocycles. The number of benzene rings is 1. The number of hydrogen-bond acceptors (Lipinski definition) is 4. The third-order valence-corrected chi connectivity index (χ3v) is 5.05. The van der Waals surface area contributed by atoms with Crippen LogP contribution in [-0.2, 0) is 6.54 Å². The Morgan fingerprint density at radius 1 is 1.12 bits per heavy atom. The number of thiophene rings is 1. The minimum absolute atomic E-state index is 0.122. The number of para-hydroxylation sites is 1. The fourth-order valence-electron chi connectivity index (χ4n) is 2.85.